The highest BCUT2D eigenvalue weighted by Crippen LogP contribution is 2.23. The normalized spacial score (nSPS) is 16.6. The molecular weight excluding hydrogens is 362 g/mol. The molecule has 1 aliphatic rings. The van der Waals surface area contributed by atoms with Crippen molar-refractivity contribution in [2.75, 3.05) is 11.9 Å². The number of anilines is 1. The van der Waals surface area contributed by atoms with Gasteiger partial charge in [0, 0.05) is 11.1 Å². The van der Waals surface area contributed by atoms with E-state index in [1.807, 2.05) is 36.4 Å². The number of ether oxygens (including phenoxy) is 1. The molecule has 0 radical (unpaired) electrons. The third-order valence-electron chi connectivity index (χ3n) is 4.46. The molecule has 1 atom stereocenters. The van der Waals surface area contributed by atoms with Gasteiger partial charge < -0.3 is 15.4 Å². The second-order valence-electron chi connectivity index (χ2n) is 7.09. The number of rotatable bonds is 5. The molecule has 28 heavy (non-hydrogen) atoms. The van der Waals surface area contributed by atoms with Crippen LogP contribution in [0.2, 0.25) is 0 Å². The van der Waals surface area contributed by atoms with Crippen LogP contribution < -0.4 is 10.6 Å². The molecule has 2 aromatic rings. The van der Waals surface area contributed by atoms with Crippen molar-refractivity contribution in [2.45, 2.75) is 32.4 Å². The van der Waals surface area contributed by atoms with Crippen molar-refractivity contribution in [1.29, 1.82) is 0 Å². The first-order valence-corrected chi connectivity index (χ1v) is 8.81. The predicted octanol–water partition coefficient (Wildman–Crippen LogP) is 2.04. The third-order valence-corrected chi connectivity index (χ3v) is 4.46. The molecule has 4 amide bonds. The summed E-state index contributed by atoms with van der Waals surface area (Å²) in [6.45, 7) is 3.95. The van der Waals surface area contributed by atoms with E-state index in [9.17, 15) is 19.2 Å². The minimum Gasteiger partial charge on any atom is -0.451 e. The van der Waals surface area contributed by atoms with Crippen molar-refractivity contribution in [3.63, 3.8) is 0 Å². The Labute approximate surface area is 161 Å². The number of benzene rings is 2. The van der Waals surface area contributed by atoms with Gasteiger partial charge in [0.1, 0.15) is 12.1 Å². The monoisotopic (exact) mass is 383 g/mol. The number of hydrogen-bond acceptors (Lipinski definition) is 5. The number of imide groups is 1. The minimum atomic E-state index is -1.10. The molecule has 0 saturated carbocycles. The molecule has 1 aliphatic heterocycles. The van der Waals surface area contributed by atoms with E-state index in [-0.39, 0.29) is 0 Å². The van der Waals surface area contributed by atoms with Crippen molar-refractivity contribution in [3.8, 4) is 0 Å². The van der Waals surface area contributed by atoms with Gasteiger partial charge in [0.15, 0.2) is 6.10 Å². The largest absolute Gasteiger partial charge is 0.451 e. The lowest BCUT2D eigenvalue weighted by Crippen LogP contribution is -2.42. The zero-order valence-electron chi connectivity index (χ0n) is 15.8. The van der Waals surface area contributed by atoms with Gasteiger partial charge in [0.05, 0.1) is 0 Å². The molecule has 1 heterocycles. The van der Waals surface area contributed by atoms with Gasteiger partial charge in [-0.1, -0.05) is 36.4 Å². The summed E-state index contributed by atoms with van der Waals surface area (Å²) in [4.78, 5) is 49.2. The number of urea groups is 1. The number of fused-ring (bicyclic) bond motifs is 1. The number of esters is 1. The first-order chi connectivity index (χ1) is 13.2. The van der Waals surface area contributed by atoms with Crippen LogP contribution in [0.3, 0.4) is 0 Å². The van der Waals surface area contributed by atoms with Crippen LogP contribution in [0.1, 0.15) is 20.8 Å². The van der Waals surface area contributed by atoms with Gasteiger partial charge in [0.2, 0.25) is 0 Å². The van der Waals surface area contributed by atoms with Crippen LogP contribution in [0, 0.1) is 0 Å². The van der Waals surface area contributed by atoms with Crippen LogP contribution in [0.5, 0.6) is 0 Å². The van der Waals surface area contributed by atoms with Crippen molar-refractivity contribution in [2.24, 2.45) is 0 Å². The highest BCUT2D eigenvalue weighted by Gasteiger charge is 2.45. The molecule has 2 N–H and O–H groups in total. The van der Waals surface area contributed by atoms with Gasteiger partial charge in [-0.2, -0.15) is 0 Å². The van der Waals surface area contributed by atoms with Crippen molar-refractivity contribution < 1.29 is 23.9 Å². The highest BCUT2D eigenvalue weighted by atomic mass is 16.5. The second kappa shape index (κ2) is 7.30. The standard InChI is InChI=1S/C20H21N3O5/c1-12(28-16(24)11-23-18(26)20(2,3)22-19(23)27)17(25)21-15-10-6-8-13-7-4-5-9-14(13)15/h4-10,12H,11H2,1-3H3,(H,21,25)(H,22,27)/t12-/m1/s1. The molecule has 0 spiro atoms. The molecular formula is C20H21N3O5. The summed E-state index contributed by atoms with van der Waals surface area (Å²) in [5.41, 5.74) is -0.476. The molecule has 0 aliphatic carbocycles. The predicted molar refractivity (Wildman–Crippen MR) is 102 cm³/mol. The van der Waals surface area contributed by atoms with Crippen molar-refractivity contribution in [3.05, 3.63) is 42.5 Å². The Balaban J connectivity index is 1.62. The Kier molecular flexibility index (Phi) is 5.04. The minimum absolute atomic E-state index is 0.512. The van der Waals surface area contributed by atoms with Crippen LogP contribution in [0.15, 0.2) is 42.5 Å². The quantitative estimate of drug-likeness (QED) is 0.607. The smallest absolute Gasteiger partial charge is 0.327 e. The molecule has 0 unspecified atom stereocenters. The zero-order valence-corrected chi connectivity index (χ0v) is 15.8. The fourth-order valence-corrected chi connectivity index (χ4v) is 2.95. The Bertz CT molecular complexity index is 964. The van der Waals surface area contributed by atoms with Crippen molar-refractivity contribution in [1.82, 2.24) is 10.2 Å². The molecule has 8 heteroatoms. The third kappa shape index (κ3) is 3.80. The number of nitrogens with zero attached hydrogens (tertiary/aromatic N) is 1. The molecule has 1 fully saturated rings. The van der Waals surface area contributed by atoms with Gasteiger partial charge in [0.25, 0.3) is 11.8 Å². The Hall–Kier alpha value is -3.42. The van der Waals surface area contributed by atoms with E-state index in [1.165, 1.54) is 6.92 Å². The fourth-order valence-electron chi connectivity index (χ4n) is 2.95. The summed E-state index contributed by atoms with van der Waals surface area (Å²) in [6.07, 6.45) is -1.10. The first-order valence-electron chi connectivity index (χ1n) is 8.81. The van der Waals surface area contributed by atoms with E-state index >= 15 is 0 Å². The first kappa shape index (κ1) is 19.3. The van der Waals surface area contributed by atoms with E-state index in [0.29, 0.717) is 5.69 Å². The van der Waals surface area contributed by atoms with E-state index in [0.717, 1.165) is 15.7 Å². The fraction of sp³-hybridized carbons (Fsp3) is 0.300. The maximum Gasteiger partial charge on any atom is 0.327 e. The van der Waals surface area contributed by atoms with E-state index in [4.69, 9.17) is 4.74 Å². The summed E-state index contributed by atoms with van der Waals surface area (Å²) in [5.74, 6) is -1.88. The molecule has 1 saturated heterocycles. The maximum atomic E-state index is 12.4. The van der Waals surface area contributed by atoms with Crippen molar-refractivity contribution >= 4 is 40.3 Å². The highest BCUT2D eigenvalue weighted by molar-refractivity contribution is 6.08. The Morgan fingerprint density at radius 1 is 1.14 bits per heavy atom. The number of carbonyl (C=O) groups excluding carboxylic acids is 4. The second-order valence-corrected chi connectivity index (χ2v) is 7.09. The molecule has 146 valence electrons. The summed E-state index contributed by atoms with van der Waals surface area (Å²) in [7, 11) is 0. The average molecular weight is 383 g/mol. The van der Waals surface area contributed by atoms with Gasteiger partial charge in [-0.15, -0.1) is 0 Å². The van der Waals surface area contributed by atoms with Crippen LogP contribution in [0.25, 0.3) is 10.8 Å². The summed E-state index contributed by atoms with van der Waals surface area (Å²) in [6, 6.07) is 12.4. The van der Waals surface area contributed by atoms with Crippen LogP contribution in [-0.4, -0.2) is 46.9 Å². The van der Waals surface area contributed by atoms with Gasteiger partial charge in [-0.25, -0.2) is 4.79 Å². The molecule has 3 rings (SSSR count). The molecule has 2 aromatic carbocycles. The number of nitrogens with one attached hydrogen (secondary N) is 2. The van der Waals surface area contributed by atoms with Crippen LogP contribution in [-0.2, 0) is 19.1 Å². The SMILES string of the molecule is C[C@@H](OC(=O)CN1C(=O)NC(C)(C)C1=O)C(=O)Nc1cccc2ccccc12. The van der Waals surface area contributed by atoms with Crippen LogP contribution in [0.4, 0.5) is 10.5 Å². The number of carbonyl (C=O) groups is 4. The van der Waals surface area contributed by atoms with E-state index in [1.54, 1.807) is 19.9 Å². The lowest BCUT2D eigenvalue weighted by atomic mass is 10.1. The van der Waals surface area contributed by atoms with Gasteiger partial charge in [-0.3, -0.25) is 19.3 Å². The molecule has 0 bridgehead atoms. The van der Waals surface area contributed by atoms with Gasteiger partial charge in [-0.05, 0) is 32.2 Å². The summed E-state index contributed by atoms with van der Waals surface area (Å²) < 4.78 is 5.10. The van der Waals surface area contributed by atoms with E-state index in [2.05, 4.69) is 10.6 Å². The molecule has 0 aromatic heterocycles. The van der Waals surface area contributed by atoms with E-state index < -0.39 is 42.0 Å². The Morgan fingerprint density at radius 3 is 2.50 bits per heavy atom. The topological polar surface area (TPSA) is 105 Å². The molecule has 8 nitrogen and oxygen atoms in total. The summed E-state index contributed by atoms with van der Waals surface area (Å²) >= 11 is 0. The van der Waals surface area contributed by atoms with Crippen LogP contribution >= 0.6 is 0 Å². The summed E-state index contributed by atoms with van der Waals surface area (Å²) in [5, 5.41) is 7.04. The lowest BCUT2D eigenvalue weighted by Gasteiger charge is -2.18. The van der Waals surface area contributed by atoms with Gasteiger partial charge >= 0.3 is 12.0 Å². The Morgan fingerprint density at radius 2 is 1.82 bits per heavy atom. The lowest BCUT2D eigenvalue weighted by molar-refractivity contribution is -0.155. The average Bonchev–Trinajstić information content (AvgIpc) is 2.83. The number of amides is 4. The number of hydrogen-bond donors (Lipinski definition) is 2. The maximum absolute atomic E-state index is 12.4. The zero-order chi connectivity index (χ0) is 20.5.